The van der Waals surface area contributed by atoms with Crippen molar-refractivity contribution < 1.29 is 0 Å². The number of piperidine rings is 1. The van der Waals surface area contributed by atoms with Gasteiger partial charge in [-0.1, -0.05) is 6.42 Å². The van der Waals surface area contributed by atoms with Gasteiger partial charge in [-0.05, 0) is 38.8 Å². The molecule has 1 N–H and O–H groups in total. The molecular formula is C15H21N5. The predicted octanol–water partition coefficient (Wildman–Crippen LogP) is 2.26. The van der Waals surface area contributed by atoms with Crippen molar-refractivity contribution in [1.29, 1.82) is 0 Å². The molecule has 0 spiro atoms. The second-order valence-electron chi connectivity index (χ2n) is 5.98. The van der Waals surface area contributed by atoms with E-state index in [2.05, 4.69) is 30.8 Å². The summed E-state index contributed by atoms with van der Waals surface area (Å²) >= 11 is 0. The highest BCUT2D eigenvalue weighted by molar-refractivity contribution is 5.30. The van der Waals surface area contributed by atoms with Crippen molar-refractivity contribution in [3.05, 3.63) is 30.6 Å². The summed E-state index contributed by atoms with van der Waals surface area (Å²) in [6.07, 6.45) is 14.4. The minimum Gasteiger partial charge on any atom is -0.317 e. The number of nitrogens with zero attached hydrogens (tertiary/aromatic N) is 4. The molecule has 4 rings (SSSR count). The van der Waals surface area contributed by atoms with Crippen molar-refractivity contribution >= 4 is 0 Å². The van der Waals surface area contributed by atoms with Gasteiger partial charge in [0.15, 0.2) is 0 Å². The Morgan fingerprint density at radius 2 is 1.95 bits per heavy atom. The van der Waals surface area contributed by atoms with Gasteiger partial charge in [-0.3, -0.25) is 9.25 Å². The van der Waals surface area contributed by atoms with Gasteiger partial charge in [-0.2, -0.15) is 5.10 Å². The highest BCUT2D eigenvalue weighted by Crippen LogP contribution is 2.37. The maximum atomic E-state index is 4.58. The summed E-state index contributed by atoms with van der Waals surface area (Å²) in [4.78, 5) is 4.34. The molecule has 0 radical (unpaired) electrons. The van der Waals surface area contributed by atoms with Crippen LogP contribution in [0.5, 0.6) is 0 Å². The molecule has 0 unspecified atom stereocenters. The summed E-state index contributed by atoms with van der Waals surface area (Å²) in [6, 6.07) is 0.542. The van der Waals surface area contributed by atoms with Gasteiger partial charge in [-0.25, -0.2) is 4.98 Å². The topological polar surface area (TPSA) is 47.7 Å². The lowest BCUT2D eigenvalue weighted by molar-refractivity contribution is 0.343. The Bertz CT molecular complexity index is 575. The zero-order chi connectivity index (χ0) is 13.4. The summed E-state index contributed by atoms with van der Waals surface area (Å²) in [7, 11) is 0. The zero-order valence-electron chi connectivity index (χ0n) is 11.7. The Morgan fingerprint density at radius 3 is 2.70 bits per heavy atom. The smallest absolute Gasteiger partial charge is 0.0995 e. The third-order valence-corrected chi connectivity index (χ3v) is 4.74. The van der Waals surface area contributed by atoms with Crippen molar-refractivity contribution in [2.24, 2.45) is 0 Å². The maximum Gasteiger partial charge on any atom is 0.0995 e. The first kappa shape index (κ1) is 12.1. The maximum absolute atomic E-state index is 4.58. The summed E-state index contributed by atoms with van der Waals surface area (Å²) in [5.74, 6) is 0.694. The highest BCUT2D eigenvalue weighted by atomic mass is 15.3. The van der Waals surface area contributed by atoms with Crippen molar-refractivity contribution in [2.45, 2.75) is 44.1 Å². The number of hydrogen-bond donors (Lipinski definition) is 1. The zero-order valence-corrected chi connectivity index (χ0v) is 11.7. The Morgan fingerprint density at radius 1 is 1.10 bits per heavy atom. The van der Waals surface area contributed by atoms with Crippen LogP contribution in [-0.4, -0.2) is 32.4 Å². The lowest BCUT2D eigenvalue weighted by atomic mass is 9.83. The molecule has 0 amide bonds. The van der Waals surface area contributed by atoms with E-state index in [0.717, 1.165) is 18.8 Å². The van der Waals surface area contributed by atoms with E-state index in [0.29, 0.717) is 12.0 Å². The fourth-order valence-electron chi connectivity index (χ4n) is 3.25. The van der Waals surface area contributed by atoms with E-state index in [4.69, 9.17) is 0 Å². The number of hydrogen-bond acceptors (Lipinski definition) is 3. The molecule has 1 saturated carbocycles. The molecule has 2 aliphatic rings. The average Bonchev–Trinajstić information content (AvgIpc) is 3.06. The molecule has 1 aliphatic heterocycles. The van der Waals surface area contributed by atoms with Crippen LogP contribution in [0.4, 0.5) is 0 Å². The lowest BCUT2D eigenvalue weighted by Crippen LogP contribution is -2.29. The standard InChI is InChI=1S/C15H21N5/c1-2-12(3-1)15-9-17-11-19(15)14-8-18-20(10-14)13-4-6-16-7-5-13/h8-13,16H,1-7H2. The first-order valence-corrected chi connectivity index (χ1v) is 7.69. The second kappa shape index (κ2) is 5.05. The van der Waals surface area contributed by atoms with Crippen LogP contribution in [0.3, 0.4) is 0 Å². The Balaban J connectivity index is 1.59. The third-order valence-electron chi connectivity index (χ3n) is 4.74. The van der Waals surface area contributed by atoms with E-state index in [9.17, 15) is 0 Å². The van der Waals surface area contributed by atoms with Crippen molar-refractivity contribution in [1.82, 2.24) is 24.6 Å². The largest absolute Gasteiger partial charge is 0.317 e. The van der Waals surface area contributed by atoms with Gasteiger partial charge in [-0.15, -0.1) is 0 Å². The van der Waals surface area contributed by atoms with E-state index in [1.165, 1.54) is 37.8 Å². The van der Waals surface area contributed by atoms with E-state index >= 15 is 0 Å². The number of aromatic nitrogens is 4. The van der Waals surface area contributed by atoms with E-state index in [1.807, 2.05) is 18.7 Å². The summed E-state index contributed by atoms with van der Waals surface area (Å²) in [5, 5.41) is 7.98. The number of rotatable bonds is 3. The SMILES string of the molecule is c1nn(C2CCNCC2)cc1-n1cncc1C1CCC1. The Hall–Kier alpha value is -1.62. The van der Waals surface area contributed by atoms with Crippen LogP contribution in [0, 0.1) is 0 Å². The van der Waals surface area contributed by atoms with Crippen LogP contribution in [-0.2, 0) is 0 Å². The summed E-state index contributed by atoms with van der Waals surface area (Å²) in [5.41, 5.74) is 2.50. The normalized spacial score (nSPS) is 21.0. The second-order valence-corrected chi connectivity index (χ2v) is 5.98. The van der Waals surface area contributed by atoms with E-state index in [1.54, 1.807) is 0 Å². The fourth-order valence-corrected chi connectivity index (χ4v) is 3.25. The minimum absolute atomic E-state index is 0.542. The van der Waals surface area contributed by atoms with Crippen LogP contribution < -0.4 is 5.32 Å². The minimum atomic E-state index is 0.542. The van der Waals surface area contributed by atoms with Gasteiger partial charge < -0.3 is 5.32 Å². The molecule has 3 heterocycles. The molecule has 0 atom stereocenters. The van der Waals surface area contributed by atoms with Crippen LogP contribution in [0.25, 0.3) is 5.69 Å². The van der Waals surface area contributed by atoms with Gasteiger partial charge in [0.2, 0.25) is 0 Å². The molecule has 2 fully saturated rings. The van der Waals surface area contributed by atoms with Gasteiger partial charge in [0.05, 0.1) is 24.3 Å². The van der Waals surface area contributed by atoms with Crippen molar-refractivity contribution in [3.63, 3.8) is 0 Å². The van der Waals surface area contributed by atoms with Crippen molar-refractivity contribution in [2.75, 3.05) is 13.1 Å². The molecule has 20 heavy (non-hydrogen) atoms. The Kier molecular flexibility index (Phi) is 3.07. The summed E-state index contributed by atoms with van der Waals surface area (Å²) < 4.78 is 4.36. The number of nitrogens with one attached hydrogen (secondary N) is 1. The average molecular weight is 271 g/mol. The summed E-state index contributed by atoms with van der Waals surface area (Å²) in [6.45, 7) is 2.19. The first-order chi connectivity index (χ1) is 9.92. The molecule has 0 bridgehead atoms. The first-order valence-electron chi connectivity index (χ1n) is 7.69. The third kappa shape index (κ3) is 2.06. The van der Waals surface area contributed by atoms with Crippen LogP contribution in [0.2, 0.25) is 0 Å². The van der Waals surface area contributed by atoms with Gasteiger partial charge >= 0.3 is 0 Å². The Labute approximate surface area is 119 Å². The van der Waals surface area contributed by atoms with E-state index < -0.39 is 0 Å². The quantitative estimate of drug-likeness (QED) is 0.931. The number of imidazole rings is 1. The van der Waals surface area contributed by atoms with Gasteiger partial charge in [0.1, 0.15) is 0 Å². The molecule has 1 saturated heterocycles. The van der Waals surface area contributed by atoms with Crippen LogP contribution >= 0.6 is 0 Å². The molecule has 5 heteroatoms. The highest BCUT2D eigenvalue weighted by Gasteiger charge is 2.24. The predicted molar refractivity (Wildman–Crippen MR) is 77.1 cm³/mol. The fraction of sp³-hybridized carbons (Fsp3) is 0.600. The van der Waals surface area contributed by atoms with Crippen molar-refractivity contribution in [3.8, 4) is 5.69 Å². The molecule has 2 aromatic rings. The lowest BCUT2D eigenvalue weighted by Gasteiger charge is -2.26. The molecule has 2 aromatic heterocycles. The van der Waals surface area contributed by atoms with Gasteiger partial charge in [0.25, 0.3) is 0 Å². The molecule has 0 aromatic carbocycles. The van der Waals surface area contributed by atoms with Crippen LogP contribution in [0.15, 0.2) is 24.9 Å². The molecule has 1 aliphatic carbocycles. The molecule has 5 nitrogen and oxygen atoms in total. The monoisotopic (exact) mass is 271 g/mol. The van der Waals surface area contributed by atoms with Gasteiger partial charge in [0, 0.05) is 24.0 Å². The molecular weight excluding hydrogens is 250 g/mol. The molecule has 106 valence electrons. The van der Waals surface area contributed by atoms with E-state index in [-0.39, 0.29) is 0 Å². The van der Waals surface area contributed by atoms with Crippen LogP contribution in [0.1, 0.15) is 49.8 Å².